The first-order valence-electron chi connectivity index (χ1n) is 4.52. The first-order chi connectivity index (χ1) is 6.96. The molecule has 0 spiro atoms. The summed E-state index contributed by atoms with van der Waals surface area (Å²) in [6, 6.07) is 3.81. The van der Waals surface area contributed by atoms with E-state index >= 15 is 0 Å². The Labute approximate surface area is 91.2 Å². The van der Waals surface area contributed by atoms with Gasteiger partial charge in [-0.1, -0.05) is 24.6 Å². The molecule has 1 rings (SSSR count). The molecule has 15 heavy (non-hydrogen) atoms. The number of rotatable bonds is 3. The summed E-state index contributed by atoms with van der Waals surface area (Å²) in [5.41, 5.74) is -0.565. The lowest BCUT2D eigenvalue weighted by atomic mass is 10.1. The lowest BCUT2D eigenvalue weighted by Gasteiger charge is -2.14. The van der Waals surface area contributed by atoms with Crippen molar-refractivity contribution in [1.82, 2.24) is 5.32 Å². The van der Waals surface area contributed by atoms with Crippen LogP contribution in [0, 0.1) is 0 Å². The molecule has 0 atom stereocenters. The standard InChI is InChI=1S/C10H11ClF3N/c1-2-15-6-7-8(10(12,13)14)4-3-5-9(7)11/h3-5,15H,2,6H2,1H3. The SMILES string of the molecule is CCNCc1c(Cl)cccc1C(F)(F)F. The highest BCUT2D eigenvalue weighted by atomic mass is 35.5. The molecule has 0 heterocycles. The molecule has 1 N–H and O–H groups in total. The van der Waals surface area contributed by atoms with Gasteiger partial charge in [0.15, 0.2) is 0 Å². The molecule has 0 unspecified atom stereocenters. The maximum Gasteiger partial charge on any atom is 0.416 e. The second-order valence-corrected chi connectivity index (χ2v) is 3.45. The predicted molar refractivity (Wildman–Crippen MR) is 53.8 cm³/mol. The number of hydrogen-bond donors (Lipinski definition) is 1. The van der Waals surface area contributed by atoms with E-state index in [9.17, 15) is 13.2 Å². The van der Waals surface area contributed by atoms with Gasteiger partial charge in [0.1, 0.15) is 0 Å². The minimum Gasteiger partial charge on any atom is -0.313 e. The van der Waals surface area contributed by atoms with E-state index in [0.717, 1.165) is 6.07 Å². The molecule has 0 radical (unpaired) electrons. The van der Waals surface area contributed by atoms with Gasteiger partial charge in [-0.05, 0) is 24.2 Å². The Hall–Kier alpha value is -0.740. The first-order valence-corrected chi connectivity index (χ1v) is 4.90. The monoisotopic (exact) mass is 237 g/mol. The molecule has 0 saturated heterocycles. The third kappa shape index (κ3) is 3.11. The molecule has 0 saturated carbocycles. The summed E-state index contributed by atoms with van der Waals surface area (Å²) in [7, 11) is 0. The number of hydrogen-bond acceptors (Lipinski definition) is 1. The minimum absolute atomic E-state index is 0.105. The van der Waals surface area contributed by atoms with Crippen LogP contribution in [-0.4, -0.2) is 6.54 Å². The van der Waals surface area contributed by atoms with Crippen LogP contribution in [0.2, 0.25) is 5.02 Å². The summed E-state index contributed by atoms with van der Waals surface area (Å²) in [4.78, 5) is 0. The molecule has 84 valence electrons. The molecule has 0 aromatic heterocycles. The zero-order valence-electron chi connectivity index (χ0n) is 8.16. The molecular formula is C10H11ClF3N. The highest BCUT2D eigenvalue weighted by molar-refractivity contribution is 6.31. The Morgan fingerprint density at radius 3 is 2.53 bits per heavy atom. The van der Waals surface area contributed by atoms with Gasteiger partial charge in [-0.25, -0.2) is 0 Å². The quantitative estimate of drug-likeness (QED) is 0.849. The smallest absolute Gasteiger partial charge is 0.313 e. The van der Waals surface area contributed by atoms with E-state index in [1.165, 1.54) is 12.1 Å². The summed E-state index contributed by atoms with van der Waals surface area (Å²) >= 11 is 5.73. The fourth-order valence-corrected chi connectivity index (χ4v) is 1.50. The topological polar surface area (TPSA) is 12.0 Å². The molecule has 5 heteroatoms. The molecule has 1 nitrogen and oxygen atoms in total. The molecular weight excluding hydrogens is 227 g/mol. The fourth-order valence-electron chi connectivity index (χ4n) is 1.25. The Morgan fingerprint density at radius 2 is 2.00 bits per heavy atom. The molecule has 0 bridgehead atoms. The Kier molecular flexibility index (Phi) is 3.99. The molecule has 0 amide bonds. The van der Waals surface area contributed by atoms with Crippen LogP contribution in [-0.2, 0) is 12.7 Å². The summed E-state index contributed by atoms with van der Waals surface area (Å²) < 4.78 is 37.7. The minimum atomic E-state index is -4.35. The van der Waals surface area contributed by atoms with Crippen LogP contribution in [0.3, 0.4) is 0 Å². The van der Waals surface area contributed by atoms with E-state index in [4.69, 9.17) is 11.6 Å². The molecule has 0 aliphatic rings. The number of nitrogens with one attached hydrogen (secondary N) is 1. The van der Waals surface area contributed by atoms with Crippen LogP contribution >= 0.6 is 11.6 Å². The maximum absolute atomic E-state index is 12.6. The van der Waals surface area contributed by atoms with Gasteiger partial charge >= 0.3 is 6.18 Å². The average molecular weight is 238 g/mol. The van der Waals surface area contributed by atoms with E-state index < -0.39 is 11.7 Å². The third-order valence-electron chi connectivity index (χ3n) is 1.98. The normalized spacial score (nSPS) is 11.8. The van der Waals surface area contributed by atoms with Crippen LogP contribution < -0.4 is 5.32 Å². The predicted octanol–water partition coefficient (Wildman–Crippen LogP) is 3.47. The summed E-state index contributed by atoms with van der Waals surface area (Å²) in [5.74, 6) is 0. The van der Waals surface area contributed by atoms with Crippen molar-refractivity contribution in [1.29, 1.82) is 0 Å². The zero-order chi connectivity index (χ0) is 11.5. The fraction of sp³-hybridized carbons (Fsp3) is 0.400. The number of alkyl halides is 3. The number of benzene rings is 1. The lowest BCUT2D eigenvalue weighted by molar-refractivity contribution is -0.138. The first kappa shape index (κ1) is 12.3. The van der Waals surface area contributed by atoms with Gasteiger partial charge in [0, 0.05) is 11.6 Å². The van der Waals surface area contributed by atoms with Crippen molar-refractivity contribution in [2.75, 3.05) is 6.54 Å². The summed E-state index contributed by atoms with van der Waals surface area (Å²) in [6.45, 7) is 2.55. The summed E-state index contributed by atoms with van der Waals surface area (Å²) in [6.07, 6.45) is -4.35. The van der Waals surface area contributed by atoms with E-state index in [1.807, 2.05) is 6.92 Å². The Balaban J connectivity index is 3.09. The average Bonchev–Trinajstić information content (AvgIpc) is 2.14. The third-order valence-corrected chi connectivity index (χ3v) is 2.33. The second kappa shape index (κ2) is 4.86. The van der Waals surface area contributed by atoms with Gasteiger partial charge in [0.2, 0.25) is 0 Å². The molecule has 0 aliphatic heterocycles. The van der Waals surface area contributed by atoms with Gasteiger partial charge < -0.3 is 5.32 Å². The van der Waals surface area contributed by atoms with Crippen molar-refractivity contribution in [2.24, 2.45) is 0 Å². The molecule has 1 aromatic rings. The van der Waals surface area contributed by atoms with Crippen molar-refractivity contribution in [3.63, 3.8) is 0 Å². The van der Waals surface area contributed by atoms with Gasteiger partial charge in [0.05, 0.1) is 5.56 Å². The second-order valence-electron chi connectivity index (χ2n) is 3.04. The Morgan fingerprint density at radius 1 is 1.33 bits per heavy atom. The summed E-state index contributed by atoms with van der Waals surface area (Å²) in [5, 5.41) is 2.98. The van der Waals surface area contributed by atoms with Crippen molar-refractivity contribution in [2.45, 2.75) is 19.6 Å². The van der Waals surface area contributed by atoms with Crippen LogP contribution in [0.4, 0.5) is 13.2 Å². The van der Waals surface area contributed by atoms with Crippen LogP contribution in [0.5, 0.6) is 0 Å². The molecule has 1 aromatic carbocycles. The van der Waals surface area contributed by atoms with E-state index in [-0.39, 0.29) is 17.1 Å². The lowest BCUT2D eigenvalue weighted by Crippen LogP contribution is -2.17. The van der Waals surface area contributed by atoms with Gasteiger partial charge in [-0.15, -0.1) is 0 Å². The van der Waals surface area contributed by atoms with E-state index in [1.54, 1.807) is 0 Å². The zero-order valence-corrected chi connectivity index (χ0v) is 8.91. The van der Waals surface area contributed by atoms with E-state index in [0.29, 0.717) is 6.54 Å². The molecule has 0 fully saturated rings. The van der Waals surface area contributed by atoms with Crippen molar-refractivity contribution >= 4 is 11.6 Å². The van der Waals surface area contributed by atoms with Crippen LogP contribution in [0.15, 0.2) is 18.2 Å². The maximum atomic E-state index is 12.6. The number of halogens is 4. The highest BCUT2D eigenvalue weighted by Crippen LogP contribution is 2.34. The van der Waals surface area contributed by atoms with Crippen LogP contribution in [0.1, 0.15) is 18.1 Å². The largest absolute Gasteiger partial charge is 0.416 e. The van der Waals surface area contributed by atoms with Gasteiger partial charge in [0.25, 0.3) is 0 Å². The van der Waals surface area contributed by atoms with E-state index in [2.05, 4.69) is 5.32 Å². The van der Waals surface area contributed by atoms with Crippen LogP contribution in [0.25, 0.3) is 0 Å². The van der Waals surface area contributed by atoms with Gasteiger partial charge in [-0.3, -0.25) is 0 Å². The van der Waals surface area contributed by atoms with Crippen molar-refractivity contribution in [3.8, 4) is 0 Å². The highest BCUT2D eigenvalue weighted by Gasteiger charge is 2.33. The Bertz CT molecular complexity index is 336. The van der Waals surface area contributed by atoms with Crippen molar-refractivity contribution in [3.05, 3.63) is 34.3 Å². The van der Waals surface area contributed by atoms with Crippen molar-refractivity contribution < 1.29 is 13.2 Å². The van der Waals surface area contributed by atoms with Gasteiger partial charge in [-0.2, -0.15) is 13.2 Å². The molecule has 0 aliphatic carbocycles.